The number of benzene rings is 2. The number of fused-ring (bicyclic) bond motifs is 1. The molecule has 8 nitrogen and oxygen atoms in total. The third-order valence-electron chi connectivity index (χ3n) is 6.05. The molecule has 3 aromatic heterocycles. The number of aryl methyl sites for hydroxylation is 1. The van der Waals surface area contributed by atoms with Crippen LogP contribution < -0.4 is 15.2 Å². The van der Waals surface area contributed by atoms with Gasteiger partial charge in [-0.05, 0) is 55.3 Å². The predicted molar refractivity (Wildman–Crippen MR) is 148 cm³/mol. The summed E-state index contributed by atoms with van der Waals surface area (Å²) >= 11 is 0. The maximum absolute atomic E-state index is 14.6. The van der Waals surface area contributed by atoms with Gasteiger partial charge < -0.3 is 20.2 Å². The quantitative estimate of drug-likeness (QED) is 0.166. The van der Waals surface area contributed by atoms with Crippen molar-refractivity contribution in [2.45, 2.75) is 13.8 Å². The minimum absolute atomic E-state index is 0.0358. The smallest absolute Gasteiger partial charge is 0.219 e. The SMILES string of the molecule is C/C=S(/C)Nc1cc2cc(C(=O)c3cnn(-c4cnc(Oc5cccc(F)c5F)cc4C)c3N)[nH]c2cc1F. The van der Waals surface area contributed by atoms with E-state index < -0.39 is 23.2 Å². The van der Waals surface area contributed by atoms with Crippen LogP contribution in [0.1, 0.15) is 28.5 Å². The number of anilines is 2. The summed E-state index contributed by atoms with van der Waals surface area (Å²) in [6.07, 6.45) is 4.66. The second-order valence-electron chi connectivity index (χ2n) is 8.65. The predicted octanol–water partition coefficient (Wildman–Crippen LogP) is 6.13. The van der Waals surface area contributed by atoms with Crippen LogP contribution in [0.2, 0.25) is 0 Å². The standard InChI is InChI=1S/C27H23F3N6O2S/c1-4-39(3)35-20-9-15-10-21(34-19(15)11-18(20)29)26(37)16-12-33-36(27(16)31)22-13-32-24(8-14(22)2)38-23-7-5-6-17(28)25(23)30/h4-13,34-35H,31H2,1-3H3. The van der Waals surface area contributed by atoms with E-state index in [1.165, 1.54) is 41.3 Å². The molecular formula is C27H23F3N6O2S. The van der Waals surface area contributed by atoms with Crippen LogP contribution in [0, 0.1) is 24.4 Å². The molecule has 1 atom stereocenters. The van der Waals surface area contributed by atoms with Crippen molar-refractivity contribution in [1.29, 1.82) is 0 Å². The molecule has 0 aliphatic carbocycles. The van der Waals surface area contributed by atoms with E-state index in [1.807, 2.05) is 18.5 Å². The molecule has 5 aromatic rings. The van der Waals surface area contributed by atoms with Gasteiger partial charge >= 0.3 is 0 Å². The van der Waals surface area contributed by atoms with Gasteiger partial charge in [-0.25, -0.2) is 18.4 Å². The number of ketones is 1. The van der Waals surface area contributed by atoms with Crippen LogP contribution in [0.25, 0.3) is 16.6 Å². The van der Waals surface area contributed by atoms with Gasteiger partial charge in [0, 0.05) is 23.0 Å². The monoisotopic (exact) mass is 552 g/mol. The fourth-order valence-electron chi connectivity index (χ4n) is 3.93. The number of H-pyrrole nitrogens is 1. The van der Waals surface area contributed by atoms with Crippen LogP contribution in [-0.4, -0.2) is 37.2 Å². The Balaban J connectivity index is 1.42. The van der Waals surface area contributed by atoms with Crippen molar-refractivity contribution in [2.75, 3.05) is 16.7 Å². The van der Waals surface area contributed by atoms with Gasteiger partial charge in [-0.2, -0.15) is 9.49 Å². The first-order valence-corrected chi connectivity index (χ1v) is 13.4. The van der Waals surface area contributed by atoms with Gasteiger partial charge in [0.05, 0.1) is 35.0 Å². The second-order valence-corrected chi connectivity index (χ2v) is 10.4. The minimum atomic E-state index is -1.12. The Morgan fingerprint density at radius 3 is 2.69 bits per heavy atom. The molecule has 0 saturated carbocycles. The summed E-state index contributed by atoms with van der Waals surface area (Å²) in [5, 5.41) is 6.84. The van der Waals surface area contributed by atoms with E-state index in [4.69, 9.17) is 10.5 Å². The average Bonchev–Trinajstić information content (AvgIpc) is 3.49. The molecule has 0 spiro atoms. The van der Waals surface area contributed by atoms with Crippen molar-refractivity contribution in [1.82, 2.24) is 19.7 Å². The molecule has 4 N–H and O–H groups in total. The normalized spacial score (nSPS) is 12.2. The van der Waals surface area contributed by atoms with E-state index in [0.29, 0.717) is 27.8 Å². The number of nitrogen functional groups attached to an aromatic ring is 1. The largest absolute Gasteiger partial charge is 0.436 e. The van der Waals surface area contributed by atoms with E-state index in [1.54, 1.807) is 19.1 Å². The van der Waals surface area contributed by atoms with Crippen LogP contribution in [0.3, 0.4) is 0 Å². The summed E-state index contributed by atoms with van der Waals surface area (Å²) in [5.41, 5.74) is 8.52. The first kappa shape index (κ1) is 26.0. The van der Waals surface area contributed by atoms with Crippen molar-refractivity contribution in [3.63, 3.8) is 0 Å². The number of nitrogens with zero attached hydrogens (tertiary/aromatic N) is 3. The number of nitrogens with one attached hydrogen (secondary N) is 2. The zero-order valence-corrected chi connectivity index (χ0v) is 21.9. The van der Waals surface area contributed by atoms with Crippen LogP contribution in [-0.2, 0) is 0 Å². The summed E-state index contributed by atoms with van der Waals surface area (Å²) in [6.45, 7) is 3.61. The van der Waals surface area contributed by atoms with Crippen molar-refractivity contribution >= 4 is 44.2 Å². The molecule has 200 valence electrons. The number of halogens is 3. The lowest BCUT2D eigenvalue weighted by Gasteiger charge is -2.11. The molecule has 0 bridgehead atoms. The third-order valence-corrected chi connectivity index (χ3v) is 7.29. The molecule has 12 heteroatoms. The maximum atomic E-state index is 14.6. The molecule has 0 amide bonds. The lowest BCUT2D eigenvalue weighted by atomic mass is 10.1. The molecule has 39 heavy (non-hydrogen) atoms. The van der Waals surface area contributed by atoms with Gasteiger partial charge in [-0.15, -0.1) is 10.7 Å². The van der Waals surface area contributed by atoms with Gasteiger partial charge in [-0.3, -0.25) is 4.79 Å². The van der Waals surface area contributed by atoms with E-state index >= 15 is 0 Å². The lowest BCUT2D eigenvalue weighted by molar-refractivity contribution is 0.103. The van der Waals surface area contributed by atoms with Crippen molar-refractivity contribution in [3.05, 3.63) is 89.1 Å². The Hall–Kier alpha value is -4.58. The maximum Gasteiger partial charge on any atom is 0.219 e. The van der Waals surface area contributed by atoms with Crippen LogP contribution >= 0.6 is 10.7 Å². The summed E-state index contributed by atoms with van der Waals surface area (Å²) in [6, 6.07) is 9.72. The Kier molecular flexibility index (Phi) is 6.87. The lowest BCUT2D eigenvalue weighted by Crippen LogP contribution is -2.09. The number of hydrogen-bond donors (Lipinski definition) is 3. The number of pyridine rings is 1. The molecule has 0 saturated heterocycles. The highest BCUT2D eigenvalue weighted by Crippen LogP contribution is 2.30. The number of ether oxygens (including phenoxy) is 1. The summed E-state index contributed by atoms with van der Waals surface area (Å²) in [5.74, 6) is -3.22. The number of nitrogens with two attached hydrogens (primary N) is 1. The first-order chi connectivity index (χ1) is 18.7. The average molecular weight is 553 g/mol. The molecule has 5 rings (SSSR count). The zero-order valence-electron chi connectivity index (χ0n) is 21.1. The topological polar surface area (TPSA) is 111 Å². The number of aromatic amines is 1. The number of hydrogen-bond acceptors (Lipinski definition) is 6. The fourth-order valence-corrected chi connectivity index (χ4v) is 4.55. The molecule has 3 heterocycles. The van der Waals surface area contributed by atoms with E-state index in [-0.39, 0.29) is 39.4 Å². The van der Waals surface area contributed by atoms with Gasteiger partial charge in [-0.1, -0.05) is 6.07 Å². The number of rotatable bonds is 7. The van der Waals surface area contributed by atoms with Gasteiger partial charge in [0.25, 0.3) is 0 Å². The van der Waals surface area contributed by atoms with Crippen LogP contribution in [0.5, 0.6) is 11.6 Å². The van der Waals surface area contributed by atoms with Crippen LogP contribution in [0.15, 0.2) is 54.9 Å². The molecule has 2 aromatic carbocycles. The van der Waals surface area contributed by atoms with Gasteiger partial charge in [0.1, 0.15) is 11.6 Å². The Labute approximate surface area is 223 Å². The van der Waals surface area contributed by atoms with Crippen molar-refractivity contribution in [3.8, 4) is 17.3 Å². The Morgan fingerprint density at radius 2 is 1.95 bits per heavy atom. The van der Waals surface area contributed by atoms with E-state index in [0.717, 1.165) is 6.07 Å². The van der Waals surface area contributed by atoms with Gasteiger partial charge in [0.2, 0.25) is 17.5 Å². The summed E-state index contributed by atoms with van der Waals surface area (Å²) in [7, 11) is -0.312. The van der Waals surface area contributed by atoms with E-state index in [2.05, 4.69) is 19.8 Å². The number of carbonyl (C=O) groups is 1. The molecule has 0 radical (unpaired) electrons. The third kappa shape index (κ3) is 4.98. The Bertz CT molecular complexity index is 1780. The Morgan fingerprint density at radius 1 is 1.15 bits per heavy atom. The highest BCUT2D eigenvalue weighted by Gasteiger charge is 2.21. The zero-order chi connectivity index (χ0) is 27.8. The minimum Gasteiger partial charge on any atom is -0.436 e. The highest BCUT2D eigenvalue weighted by molar-refractivity contribution is 8.15. The van der Waals surface area contributed by atoms with Crippen LogP contribution in [0.4, 0.5) is 24.7 Å². The fraction of sp³-hybridized carbons (Fsp3) is 0.111. The van der Waals surface area contributed by atoms with Gasteiger partial charge in [0.15, 0.2) is 11.6 Å². The molecule has 0 aliphatic heterocycles. The number of carbonyl (C=O) groups excluding carboxylic acids is 1. The molecular weight excluding hydrogens is 529 g/mol. The second kappa shape index (κ2) is 10.3. The summed E-state index contributed by atoms with van der Waals surface area (Å²) in [4.78, 5) is 20.4. The number of aromatic nitrogens is 4. The summed E-state index contributed by atoms with van der Waals surface area (Å²) < 4.78 is 51.8. The molecule has 1 unspecified atom stereocenters. The molecule has 0 fully saturated rings. The van der Waals surface area contributed by atoms with Crippen molar-refractivity contribution in [2.24, 2.45) is 0 Å². The van der Waals surface area contributed by atoms with Crippen molar-refractivity contribution < 1.29 is 22.7 Å². The first-order valence-electron chi connectivity index (χ1n) is 11.7. The van der Waals surface area contributed by atoms with E-state index in [9.17, 15) is 18.0 Å². The highest BCUT2D eigenvalue weighted by atomic mass is 32.2. The molecule has 0 aliphatic rings.